The molecular formula is C18H20F3IN4S. The first-order valence-corrected chi connectivity index (χ1v) is 8.65. The molecule has 1 aromatic heterocycles. The summed E-state index contributed by atoms with van der Waals surface area (Å²) in [5.74, 6) is 6.08. The van der Waals surface area contributed by atoms with Crippen LogP contribution in [0.2, 0.25) is 0 Å². The Hall–Kier alpha value is -1.80. The number of guanidine groups is 1. The molecule has 0 aliphatic rings. The van der Waals surface area contributed by atoms with Crippen LogP contribution in [-0.2, 0) is 12.7 Å². The minimum atomic E-state index is -4.37. The maximum Gasteiger partial charge on any atom is 0.416 e. The van der Waals surface area contributed by atoms with Crippen molar-refractivity contribution in [2.24, 2.45) is 4.99 Å². The van der Waals surface area contributed by atoms with Gasteiger partial charge in [-0.1, -0.05) is 17.9 Å². The number of nitrogens with zero attached hydrogens (tertiary/aromatic N) is 2. The summed E-state index contributed by atoms with van der Waals surface area (Å²) in [6.45, 7) is 4.77. The van der Waals surface area contributed by atoms with Crippen LogP contribution in [0.25, 0.3) is 0 Å². The van der Waals surface area contributed by atoms with Crippen molar-refractivity contribution >= 4 is 41.3 Å². The predicted molar refractivity (Wildman–Crippen MR) is 114 cm³/mol. The molecule has 0 fully saturated rings. The summed E-state index contributed by atoms with van der Waals surface area (Å²) in [5.41, 5.74) is 0.602. The zero-order chi connectivity index (χ0) is 19.2. The molecule has 0 aliphatic heterocycles. The molecule has 9 heteroatoms. The van der Waals surface area contributed by atoms with Gasteiger partial charge in [0.25, 0.3) is 0 Å². The molecule has 0 atom stereocenters. The zero-order valence-electron chi connectivity index (χ0n) is 15.1. The molecule has 1 aromatic carbocycles. The number of aliphatic imine (C=N–C) groups is 1. The number of nitrogens with one attached hydrogen (secondary N) is 2. The number of aromatic nitrogens is 1. The fourth-order valence-corrected chi connectivity index (χ4v) is 3.05. The molecule has 0 unspecified atom stereocenters. The van der Waals surface area contributed by atoms with Crippen LogP contribution in [-0.4, -0.2) is 24.5 Å². The predicted octanol–water partition coefficient (Wildman–Crippen LogP) is 4.11. The van der Waals surface area contributed by atoms with Gasteiger partial charge in [-0.3, -0.25) is 4.99 Å². The van der Waals surface area contributed by atoms with Crippen molar-refractivity contribution in [1.82, 2.24) is 15.6 Å². The largest absolute Gasteiger partial charge is 0.416 e. The van der Waals surface area contributed by atoms with E-state index in [1.807, 2.05) is 13.8 Å². The number of hydrogen-bond donors (Lipinski definition) is 2. The van der Waals surface area contributed by atoms with Gasteiger partial charge in [0, 0.05) is 17.5 Å². The maximum atomic E-state index is 12.7. The van der Waals surface area contributed by atoms with Crippen molar-refractivity contribution in [2.75, 3.05) is 13.6 Å². The van der Waals surface area contributed by atoms with E-state index < -0.39 is 11.7 Å². The third kappa shape index (κ3) is 7.38. The van der Waals surface area contributed by atoms with E-state index >= 15 is 0 Å². The minimum absolute atomic E-state index is 0. The standard InChI is InChI=1S/C18H19F3N4S.HI/c1-12-16(26-13(2)25-12)11-24-17(22-3)23-9-5-7-14-6-4-8-15(10-14)18(19,20)21;/h4,6,8,10H,9,11H2,1-3H3,(H2,22,23,24);1H. The van der Waals surface area contributed by atoms with Crippen molar-refractivity contribution in [3.05, 3.63) is 51.0 Å². The van der Waals surface area contributed by atoms with E-state index in [0.717, 1.165) is 27.7 Å². The molecule has 0 aliphatic carbocycles. The summed E-state index contributed by atoms with van der Waals surface area (Å²) < 4.78 is 38.0. The number of halogens is 4. The molecule has 1 heterocycles. The second-order valence-corrected chi connectivity index (χ2v) is 6.69. The number of aryl methyl sites for hydroxylation is 2. The van der Waals surface area contributed by atoms with Crippen molar-refractivity contribution < 1.29 is 13.2 Å². The van der Waals surface area contributed by atoms with Crippen molar-refractivity contribution in [1.29, 1.82) is 0 Å². The summed E-state index contributed by atoms with van der Waals surface area (Å²) in [6, 6.07) is 4.96. The smallest absolute Gasteiger partial charge is 0.351 e. The molecule has 27 heavy (non-hydrogen) atoms. The van der Waals surface area contributed by atoms with Gasteiger partial charge in [-0.2, -0.15) is 13.2 Å². The van der Waals surface area contributed by atoms with Gasteiger partial charge in [-0.15, -0.1) is 35.3 Å². The van der Waals surface area contributed by atoms with Crippen LogP contribution in [0.4, 0.5) is 13.2 Å². The van der Waals surface area contributed by atoms with Crippen molar-refractivity contribution in [3.8, 4) is 11.8 Å². The maximum absolute atomic E-state index is 12.7. The number of thiazole rings is 1. The Morgan fingerprint density at radius 3 is 2.59 bits per heavy atom. The lowest BCUT2D eigenvalue weighted by Crippen LogP contribution is -2.36. The number of hydrogen-bond acceptors (Lipinski definition) is 3. The quantitative estimate of drug-likeness (QED) is 0.284. The van der Waals surface area contributed by atoms with E-state index in [-0.39, 0.29) is 30.5 Å². The van der Waals surface area contributed by atoms with E-state index in [1.165, 1.54) is 6.07 Å². The lowest BCUT2D eigenvalue weighted by Gasteiger charge is -2.09. The van der Waals surface area contributed by atoms with Crippen LogP contribution in [0.15, 0.2) is 29.3 Å². The molecule has 146 valence electrons. The Kier molecular flexibility index (Phi) is 9.05. The molecular weight excluding hydrogens is 488 g/mol. The molecule has 0 saturated heterocycles. The Labute approximate surface area is 177 Å². The lowest BCUT2D eigenvalue weighted by atomic mass is 10.1. The fourth-order valence-electron chi connectivity index (χ4n) is 2.17. The second kappa shape index (κ2) is 10.5. The van der Waals surface area contributed by atoms with E-state index in [4.69, 9.17) is 0 Å². The molecule has 2 N–H and O–H groups in total. The lowest BCUT2D eigenvalue weighted by molar-refractivity contribution is -0.137. The average molecular weight is 508 g/mol. The Morgan fingerprint density at radius 1 is 1.26 bits per heavy atom. The monoisotopic (exact) mass is 508 g/mol. The van der Waals surface area contributed by atoms with Gasteiger partial charge in [0.1, 0.15) is 0 Å². The summed E-state index contributed by atoms with van der Waals surface area (Å²) in [7, 11) is 1.64. The van der Waals surface area contributed by atoms with Crippen LogP contribution >= 0.6 is 35.3 Å². The highest BCUT2D eigenvalue weighted by atomic mass is 127. The zero-order valence-corrected chi connectivity index (χ0v) is 18.2. The Balaban J connectivity index is 0.00000364. The van der Waals surface area contributed by atoms with E-state index in [1.54, 1.807) is 24.5 Å². The van der Waals surface area contributed by atoms with Gasteiger partial charge in [-0.05, 0) is 32.0 Å². The molecule has 2 aromatic rings. The molecule has 0 spiro atoms. The first-order valence-electron chi connectivity index (χ1n) is 7.83. The van der Waals surface area contributed by atoms with Crippen molar-refractivity contribution in [2.45, 2.75) is 26.6 Å². The van der Waals surface area contributed by atoms with E-state index in [2.05, 4.69) is 32.5 Å². The Bertz CT molecular complexity index is 850. The van der Waals surface area contributed by atoms with Crippen LogP contribution in [0.5, 0.6) is 0 Å². The fraction of sp³-hybridized carbons (Fsp3) is 0.333. The summed E-state index contributed by atoms with van der Waals surface area (Å²) in [5, 5.41) is 7.18. The number of alkyl halides is 3. The summed E-state index contributed by atoms with van der Waals surface area (Å²) >= 11 is 1.62. The topological polar surface area (TPSA) is 49.3 Å². The molecule has 0 saturated carbocycles. The van der Waals surface area contributed by atoms with Gasteiger partial charge < -0.3 is 10.6 Å². The second-order valence-electron chi connectivity index (χ2n) is 5.40. The first-order chi connectivity index (χ1) is 12.3. The highest BCUT2D eigenvalue weighted by Gasteiger charge is 2.30. The molecule has 0 radical (unpaired) electrons. The van der Waals surface area contributed by atoms with Gasteiger partial charge in [-0.25, -0.2) is 4.98 Å². The third-order valence-electron chi connectivity index (χ3n) is 3.41. The third-order valence-corrected chi connectivity index (χ3v) is 4.48. The SMILES string of the molecule is CN=C(NCC#Cc1cccc(C(F)(F)F)c1)NCc1sc(C)nc1C.I. The summed E-state index contributed by atoms with van der Waals surface area (Å²) in [6.07, 6.45) is -4.37. The van der Waals surface area contributed by atoms with E-state index in [0.29, 0.717) is 18.1 Å². The van der Waals surface area contributed by atoms with E-state index in [9.17, 15) is 13.2 Å². The molecule has 2 rings (SSSR count). The van der Waals surface area contributed by atoms with Crippen LogP contribution in [0, 0.1) is 25.7 Å². The van der Waals surface area contributed by atoms with Gasteiger partial charge in [0.15, 0.2) is 5.96 Å². The van der Waals surface area contributed by atoms with Gasteiger partial charge >= 0.3 is 6.18 Å². The minimum Gasteiger partial charge on any atom is -0.351 e. The highest BCUT2D eigenvalue weighted by molar-refractivity contribution is 14.0. The molecule has 0 amide bonds. The number of rotatable bonds is 3. The molecule has 0 bridgehead atoms. The van der Waals surface area contributed by atoms with Gasteiger partial charge in [0.2, 0.25) is 0 Å². The summed E-state index contributed by atoms with van der Waals surface area (Å²) in [4.78, 5) is 9.58. The van der Waals surface area contributed by atoms with Crippen molar-refractivity contribution in [3.63, 3.8) is 0 Å². The number of benzene rings is 1. The Morgan fingerprint density at radius 2 is 2.00 bits per heavy atom. The van der Waals surface area contributed by atoms with Gasteiger partial charge in [0.05, 0.1) is 29.4 Å². The van der Waals surface area contributed by atoms with Crippen LogP contribution < -0.4 is 10.6 Å². The highest BCUT2D eigenvalue weighted by Crippen LogP contribution is 2.29. The average Bonchev–Trinajstić information content (AvgIpc) is 2.91. The molecule has 4 nitrogen and oxygen atoms in total. The first kappa shape index (κ1) is 23.2. The normalized spacial score (nSPS) is 11.3. The van der Waals surface area contributed by atoms with Crippen LogP contribution in [0.3, 0.4) is 0 Å². The van der Waals surface area contributed by atoms with Crippen LogP contribution in [0.1, 0.15) is 26.7 Å².